The Kier molecular flexibility index (Phi) is 9.65. The van der Waals surface area contributed by atoms with Crippen LogP contribution in [0.2, 0.25) is 0 Å². The lowest BCUT2D eigenvalue weighted by Gasteiger charge is -2.56. The second-order valence-corrected chi connectivity index (χ2v) is 16.3. The second-order valence-electron chi connectivity index (χ2n) is 16.3. The zero-order valence-electron chi connectivity index (χ0n) is 32.9. The number of imide groups is 1. The second kappa shape index (κ2) is 14.3. The van der Waals surface area contributed by atoms with Gasteiger partial charge in [0.15, 0.2) is 0 Å². The number of methoxy groups -OCH3 is 2. The van der Waals surface area contributed by atoms with Gasteiger partial charge >= 0.3 is 5.69 Å². The van der Waals surface area contributed by atoms with Crippen LogP contribution in [0.1, 0.15) is 61.3 Å². The average molecular weight is 752 g/mol. The Morgan fingerprint density at radius 3 is 2.18 bits per heavy atom. The molecule has 13 nitrogen and oxygen atoms in total. The van der Waals surface area contributed by atoms with Gasteiger partial charge in [0.05, 0.1) is 36.5 Å². The van der Waals surface area contributed by atoms with E-state index in [0.29, 0.717) is 12.5 Å². The molecule has 1 unspecified atom stereocenters. The monoisotopic (exact) mass is 751 g/mol. The predicted molar refractivity (Wildman–Crippen MR) is 212 cm³/mol. The number of fused-ring (bicyclic) bond motifs is 1. The Hall–Kier alpha value is -4.88. The van der Waals surface area contributed by atoms with Gasteiger partial charge in [-0.2, -0.15) is 0 Å². The number of hydrogen-bond donors (Lipinski definition) is 1. The fourth-order valence-electron chi connectivity index (χ4n) is 9.74. The standard InChI is InChI=1S/C42H53N7O6/c1-26-27(2)40(52)44(3)22-30(26)28-20-35(54-5)31(36(21-28)55-6)23-46-16-12-29(13-17-46)47-18-14-42(15-19-47)24-48(25-42)32-8-7-9-33-38(32)45(4)41(53)49(33)34-10-11-37(50)43-39(34)51/h7-9,20-22,29,34H,10-19,23-25H2,1-6H3,(H,43,50,51). The number of benzene rings is 2. The van der Waals surface area contributed by atoms with E-state index in [4.69, 9.17) is 9.47 Å². The third kappa shape index (κ3) is 6.44. The summed E-state index contributed by atoms with van der Waals surface area (Å²) in [6.45, 7) is 10.7. The molecular weight excluding hydrogens is 699 g/mol. The van der Waals surface area contributed by atoms with Gasteiger partial charge in [-0.1, -0.05) is 6.07 Å². The van der Waals surface area contributed by atoms with Gasteiger partial charge in [0.25, 0.3) is 5.56 Å². The highest BCUT2D eigenvalue weighted by Gasteiger charge is 2.46. The number of pyridine rings is 1. The molecule has 0 aliphatic carbocycles. The summed E-state index contributed by atoms with van der Waals surface area (Å²) in [5, 5.41) is 2.41. The fourth-order valence-corrected chi connectivity index (χ4v) is 9.74. The Bertz CT molecular complexity index is 2260. The number of nitrogens with one attached hydrogen (secondary N) is 1. The van der Waals surface area contributed by atoms with Crippen molar-refractivity contribution in [1.29, 1.82) is 0 Å². The number of nitrogens with zero attached hydrogens (tertiary/aromatic N) is 6. The van der Waals surface area contributed by atoms with Crippen molar-refractivity contribution in [2.45, 2.75) is 71.0 Å². The first-order chi connectivity index (χ1) is 26.4. The molecule has 4 aliphatic heterocycles. The molecule has 2 aromatic carbocycles. The van der Waals surface area contributed by atoms with Crippen molar-refractivity contribution in [3.05, 3.63) is 74.1 Å². The molecule has 1 atom stereocenters. The quantitative estimate of drug-likeness (QED) is 0.268. The number of para-hydroxylation sites is 1. The Balaban J connectivity index is 0.885. The molecule has 4 aliphatic rings. The van der Waals surface area contributed by atoms with Crippen molar-refractivity contribution in [2.75, 3.05) is 58.4 Å². The van der Waals surface area contributed by atoms with Crippen LogP contribution in [0.15, 0.2) is 46.1 Å². The zero-order valence-corrected chi connectivity index (χ0v) is 32.9. The fraction of sp³-hybridized carbons (Fsp3) is 0.524. The highest BCUT2D eigenvalue weighted by molar-refractivity contribution is 6.00. The molecule has 2 aromatic heterocycles. The maximum Gasteiger partial charge on any atom is 0.329 e. The van der Waals surface area contributed by atoms with Gasteiger partial charge in [-0.15, -0.1) is 0 Å². The van der Waals surface area contributed by atoms with Crippen molar-refractivity contribution in [2.24, 2.45) is 19.5 Å². The minimum Gasteiger partial charge on any atom is -0.496 e. The summed E-state index contributed by atoms with van der Waals surface area (Å²) in [6.07, 6.45) is 7.01. The number of anilines is 1. The summed E-state index contributed by atoms with van der Waals surface area (Å²) >= 11 is 0. The lowest BCUT2D eigenvalue weighted by atomic mass is 9.71. The topological polar surface area (TPSA) is 123 Å². The Labute approximate surface area is 321 Å². The first-order valence-electron chi connectivity index (χ1n) is 19.6. The van der Waals surface area contributed by atoms with E-state index in [1.54, 1.807) is 42.0 Å². The van der Waals surface area contributed by atoms with Crippen molar-refractivity contribution >= 4 is 28.5 Å². The Morgan fingerprint density at radius 2 is 1.55 bits per heavy atom. The number of carbonyl (C=O) groups is 2. The summed E-state index contributed by atoms with van der Waals surface area (Å²) < 4.78 is 16.7. The van der Waals surface area contributed by atoms with Crippen molar-refractivity contribution in [3.63, 3.8) is 0 Å². The van der Waals surface area contributed by atoms with Gasteiger partial charge in [0.2, 0.25) is 11.8 Å². The molecule has 4 aromatic rings. The van der Waals surface area contributed by atoms with Crippen LogP contribution in [0.25, 0.3) is 22.2 Å². The van der Waals surface area contributed by atoms with Crippen LogP contribution >= 0.6 is 0 Å². The van der Waals surface area contributed by atoms with Crippen LogP contribution in [-0.4, -0.2) is 94.8 Å². The summed E-state index contributed by atoms with van der Waals surface area (Å²) in [7, 11) is 6.98. The van der Waals surface area contributed by atoms with E-state index >= 15 is 0 Å². The normalized spacial score (nSPS) is 20.9. The van der Waals surface area contributed by atoms with E-state index in [1.165, 1.54) is 0 Å². The van der Waals surface area contributed by atoms with Crippen LogP contribution < -0.4 is 30.9 Å². The first kappa shape index (κ1) is 37.1. The molecule has 0 bridgehead atoms. The van der Waals surface area contributed by atoms with Crippen molar-refractivity contribution in [1.82, 2.24) is 28.8 Å². The number of hydrogen-bond acceptors (Lipinski definition) is 9. The molecule has 0 saturated carbocycles. The first-order valence-corrected chi connectivity index (χ1v) is 19.6. The third-order valence-electron chi connectivity index (χ3n) is 13.2. The number of amides is 2. The molecule has 13 heteroatoms. The molecule has 292 valence electrons. The molecule has 6 heterocycles. The minimum atomic E-state index is -0.686. The molecule has 0 radical (unpaired) electrons. The number of likely N-dealkylation sites (tertiary alicyclic amines) is 2. The molecule has 4 saturated heterocycles. The van der Waals surface area contributed by atoms with Gasteiger partial charge in [0, 0.05) is 68.9 Å². The maximum absolute atomic E-state index is 13.5. The third-order valence-corrected chi connectivity index (χ3v) is 13.2. The number of aromatic nitrogens is 3. The zero-order chi connectivity index (χ0) is 38.8. The highest BCUT2D eigenvalue weighted by Crippen LogP contribution is 2.45. The number of aryl methyl sites for hydroxylation is 2. The average Bonchev–Trinajstić information content (AvgIpc) is 3.43. The Morgan fingerprint density at radius 1 is 0.873 bits per heavy atom. The van der Waals surface area contributed by atoms with Gasteiger partial charge in [-0.3, -0.25) is 33.7 Å². The minimum absolute atomic E-state index is 0.0143. The van der Waals surface area contributed by atoms with Crippen LogP contribution in [0, 0.1) is 19.3 Å². The molecule has 2 amide bonds. The highest BCUT2D eigenvalue weighted by atomic mass is 16.5. The van der Waals surface area contributed by atoms with Crippen LogP contribution in [0.4, 0.5) is 5.69 Å². The lowest BCUT2D eigenvalue weighted by molar-refractivity contribution is -0.135. The largest absolute Gasteiger partial charge is 0.496 e. The van der Waals surface area contributed by atoms with E-state index in [-0.39, 0.29) is 29.0 Å². The van der Waals surface area contributed by atoms with Crippen LogP contribution in [-0.2, 0) is 30.2 Å². The molecule has 55 heavy (non-hydrogen) atoms. The summed E-state index contributed by atoms with van der Waals surface area (Å²) in [6, 6.07) is 9.99. The molecule has 4 fully saturated rings. The van der Waals surface area contributed by atoms with E-state index in [9.17, 15) is 19.2 Å². The van der Waals surface area contributed by atoms with Gasteiger partial charge in [-0.25, -0.2) is 4.79 Å². The molecule has 8 rings (SSSR count). The lowest BCUT2D eigenvalue weighted by Crippen LogP contribution is -2.61. The number of rotatable bonds is 8. The van der Waals surface area contributed by atoms with Crippen molar-refractivity contribution < 1.29 is 19.1 Å². The maximum atomic E-state index is 13.5. The SMILES string of the molecule is COc1cc(-c2cn(C)c(=O)c(C)c2C)cc(OC)c1CN1CCC(N2CCC3(CC2)CN(c2cccc4c2n(C)c(=O)n4C2CCC(=O)NC2=O)C3)CC1. The molecular formula is C42H53N7O6. The van der Waals surface area contributed by atoms with Gasteiger partial charge < -0.3 is 23.8 Å². The number of ether oxygens (including phenoxy) is 2. The number of piperidine rings is 3. The van der Waals surface area contributed by atoms with Crippen LogP contribution in [0.5, 0.6) is 11.5 Å². The van der Waals surface area contributed by atoms with E-state index in [2.05, 4.69) is 38.2 Å². The predicted octanol–water partition coefficient (Wildman–Crippen LogP) is 3.88. The van der Waals surface area contributed by atoms with E-state index in [1.807, 2.05) is 32.2 Å². The molecule has 1 N–H and O–H groups in total. The number of imidazole rings is 1. The molecule has 1 spiro atoms. The smallest absolute Gasteiger partial charge is 0.329 e. The summed E-state index contributed by atoms with van der Waals surface area (Å²) in [5.74, 6) is 0.892. The summed E-state index contributed by atoms with van der Waals surface area (Å²) in [5.41, 5.74) is 7.38. The van der Waals surface area contributed by atoms with Crippen molar-refractivity contribution in [3.8, 4) is 22.6 Å². The van der Waals surface area contributed by atoms with E-state index in [0.717, 1.165) is 128 Å². The van der Waals surface area contributed by atoms with Crippen LogP contribution in [0.3, 0.4) is 0 Å². The van der Waals surface area contributed by atoms with E-state index < -0.39 is 11.9 Å². The number of carbonyl (C=O) groups excluding carboxylic acids is 2. The van der Waals surface area contributed by atoms with Gasteiger partial charge in [0.1, 0.15) is 17.5 Å². The summed E-state index contributed by atoms with van der Waals surface area (Å²) in [4.78, 5) is 58.1. The van der Waals surface area contributed by atoms with Gasteiger partial charge in [-0.05, 0) is 108 Å².